The van der Waals surface area contributed by atoms with Crippen LogP contribution in [0.15, 0.2) is 24.3 Å². The minimum atomic E-state index is 0.398. The molecule has 1 N–H and O–H groups in total. The van der Waals surface area contributed by atoms with Crippen molar-refractivity contribution in [3.63, 3.8) is 0 Å². The second kappa shape index (κ2) is 7.25. The molecule has 0 aliphatic carbocycles. The Labute approximate surface area is 97.8 Å². The third-order valence-corrected chi connectivity index (χ3v) is 2.63. The molecule has 0 aliphatic rings. The molecule has 16 heavy (non-hydrogen) atoms. The number of methoxy groups -OCH3 is 2. The van der Waals surface area contributed by atoms with Crippen molar-refractivity contribution in [2.24, 2.45) is 0 Å². The molecule has 3 heteroatoms. The van der Waals surface area contributed by atoms with E-state index in [0.717, 1.165) is 25.3 Å². The summed E-state index contributed by atoms with van der Waals surface area (Å²) in [7, 11) is 3.43. The number of para-hydroxylation sites is 1. The molecule has 0 saturated carbocycles. The molecule has 0 aliphatic heterocycles. The van der Waals surface area contributed by atoms with Gasteiger partial charge in [-0.1, -0.05) is 25.1 Å². The molecule has 0 heterocycles. The molecule has 0 bridgehead atoms. The largest absolute Gasteiger partial charge is 0.496 e. The van der Waals surface area contributed by atoms with E-state index < -0.39 is 0 Å². The summed E-state index contributed by atoms with van der Waals surface area (Å²) in [6, 6.07) is 8.46. The predicted molar refractivity (Wildman–Crippen MR) is 65.8 cm³/mol. The van der Waals surface area contributed by atoms with Gasteiger partial charge >= 0.3 is 0 Å². The first kappa shape index (κ1) is 13.0. The number of hydrogen-bond donors (Lipinski definition) is 1. The van der Waals surface area contributed by atoms with Crippen molar-refractivity contribution in [2.75, 3.05) is 20.8 Å². The Morgan fingerprint density at radius 3 is 2.62 bits per heavy atom. The third-order valence-electron chi connectivity index (χ3n) is 2.63. The minimum absolute atomic E-state index is 0.398. The van der Waals surface area contributed by atoms with Crippen molar-refractivity contribution in [2.45, 2.75) is 25.9 Å². The van der Waals surface area contributed by atoms with Gasteiger partial charge in [0.25, 0.3) is 0 Å². The molecular formula is C13H21NO2. The highest BCUT2D eigenvalue weighted by Crippen LogP contribution is 2.16. The monoisotopic (exact) mass is 223 g/mol. The molecule has 0 saturated heterocycles. The first-order valence-electron chi connectivity index (χ1n) is 5.66. The highest BCUT2D eigenvalue weighted by molar-refractivity contribution is 5.32. The van der Waals surface area contributed by atoms with E-state index in [1.54, 1.807) is 14.2 Å². The standard InChI is InChI=1S/C13H21NO2/c1-4-12(10-15-2)14-9-11-7-5-6-8-13(11)16-3/h5-8,12,14H,4,9-10H2,1-3H3. The molecule has 0 radical (unpaired) electrons. The van der Waals surface area contributed by atoms with Gasteiger partial charge in [0.15, 0.2) is 0 Å². The fourth-order valence-electron chi connectivity index (χ4n) is 1.63. The SMILES string of the molecule is CCC(COC)NCc1ccccc1OC. The average molecular weight is 223 g/mol. The van der Waals surface area contributed by atoms with Crippen LogP contribution in [0, 0.1) is 0 Å². The van der Waals surface area contributed by atoms with E-state index >= 15 is 0 Å². The molecule has 3 nitrogen and oxygen atoms in total. The second-order valence-electron chi connectivity index (χ2n) is 3.75. The van der Waals surface area contributed by atoms with Crippen LogP contribution in [0.3, 0.4) is 0 Å². The van der Waals surface area contributed by atoms with E-state index in [2.05, 4.69) is 18.3 Å². The van der Waals surface area contributed by atoms with Gasteiger partial charge in [-0.2, -0.15) is 0 Å². The summed E-state index contributed by atoms with van der Waals surface area (Å²) in [4.78, 5) is 0. The van der Waals surface area contributed by atoms with Crippen molar-refractivity contribution in [1.82, 2.24) is 5.32 Å². The normalized spacial score (nSPS) is 12.4. The summed E-state index contributed by atoms with van der Waals surface area (Å²) in [5.74, 6) is 0.933. The number of hydrogen-bond acceptors (Lipinski definition) is 3. The van der Waals surface area contributed by atoms with Crippen LogP contribution >= 0.6 is 0 Å². The lowest BCUT2D eigenvalue weighted by Crippen LogP contribution is -2.32. The Kier molecular flexibility index (Phi) is 5.90. The zero-order valence-corrected chi connectivity index (χ0v) is 10.3. The van der Waals surface area contributed by atoms with Gasteiger partial charge in [0.1, 0.15) is 5.75 Å². The predicted octanol–water partition coefficient (Wildman–Crippen LogP) is 2.21. The number of nitrogens with one attached hydrogen (secondary N) is 1. The molecule has 0 spiro atoms. The van der Waals surface area contributed by atoms with Crippen LogP contribution in [-0.4, -0.2) is 26.9 Å². The van der Waals surface area contributed by atoms with Crippen LogP contribution in [0.1, 0.15) is 18.9 Å². The van der Waals surface area contributed by atoms with E-state index in [0.29, 0.717) is 6.04 Å². The van der Waals surface area contributed by atoms with E-state index in [-0.39, 0.29) is 0 Å². The van der Waals surface area contributed by atoms with E-state index in [4.69, 9.17) is 9.47 Å². The molecule has 1 aromatic carbocycles. The van der Waals surface area contributed by atoms with Crippen LogP contribution in [0.2, 0.25) is 0 Å². The summed E-state index contributed by atoms with van der Waals surface area (Å²) in [6.45, 7) is 3.70. The van der Waals surface area contributed by atoms with Crippen molar-refractivity contribution >= 4 is 0 Å². The summed E-state index contributed by atoms with van der Waals surface area (Å²) >= 11 is 0. The fraction of sp³-hybridized carbons (Fsp3) is 0.538. The van der Waals surface area contributed by atoms with Crippen LogP contribution in [0.5, 0.6) is 5.75 Å². The van der Waals surface area contributed by atoms with Gasteiger partial charge in [-0.3, -0.25) is 0 Å². The Morgan fingerprint density at radius 1 is 1.25 bits per heavy atom. The maximum absolute atomic E-state index is 5.30. The Hall–Kier alpha value is -1.06. The molecule has 1 rings (SSSR count). The van der Waals surface area contributed by atoms with Crippen molar-refractivity contribution < 1.29 is 9.47 Å². The first-order valence-corrected chi connectivity index (χ1v) is 5.66. The van der Waals surface area contributed by atoms with E-state index in [9.17, 15) is 0 Å². The molecule has 0 amide bonds. The van der Waals surface area contributed by atoms with Crippen LogP contribution in [0.4, 0.5) is 0 Å². The Bertz CT molecular complexity index is 302. The molecule has 1 unspecified atom stereocenters. The smallest absolute Gasteiger partial charge is 0.123 e. The van der Waals surface area contributed by atoms with Crippen LogP contribution in [0.25, 0.3) is 0 Å². The molecule has 0 fully saturated rings. The molecule has 1 atom stereocenters. The summed E-state index contributed by atoms with van der Waals surface area (Å²) in [6.07, 6.45) is 1.06. The van der Waals surface area contributed by atoms with Gasteiger partial charge in [-0.15, -0.1) is 0 Å². The quantitative estimate of drug-likeness (QED) is 0.768. The van der Waals surface area contributed by atoms with Gasteiger partial charge < -0.3 is 14.8 Å². The van der Waals surface area contributed by atoms with Crippen LogP contribution < -0.4 is 10.1 Å². The zero-order valence-electron chi connectivity index (χ0n) is 10.3. The number of benzene rings is 1. The Balaban J connectivity index is 2.52. The first-order chi connectivity index (χ1) is 7.81. The van der Waals surface area contributed by atoms with Crippen molar-refractivity contribution in [1.29, 1.82) is 0 Å². The fourth-order valence-corrected chi connectivity index (χ4v) is 1.63. The zero-order chi connectivity index (χ0) is 11.8. The second-order valence-corrected chi connectivity index (χ2v) is 3.75. The van der Waals surface area contributed by atoms with Gasteiger partial charge in [0.05, 0.1) is 13.7 Å². The maximum atomic E-state index is 5.30. The van der Waals surface area contributed by atoms with E-state index in [1.807, 2.05) is 18.2 Å². The summed E-state index contributed by atoms with van der Waals surface area (Å²) < 4.78 is 10.4. The molecule has 0 aromatic heterocycles. The third kappa shape index (κ3) is 3.83. The molecular weight excluding hydrogens is 202 g/mol. The minimum Gasteiger partial charge on any atom is -0.496 e. The van der Waals surface area contributed by atoms with Crippen molar-refractivity contribution in [3.8, 4) is 5.75 Å². The number of rotatable bonds is 7. The lowest BCUT2D eigenvalue weighted by atomic mass is 10.1. The van der Waals surface area contributed by atoms with Crippen LogP contribution in [-0.2, 0) is 11.3 Å². The Morgan fingerprint density at radius 2 is 2.00 bits per heavy atom. The topological polar surface area (TPSA) is 30.5 Å². The van der Waals surface area contributed by atoms with Gasteiger partial charge in [-0.05, 0) is 12.5 Å². The van der Waals surface area contributed by atoms with Gasteiger partial charge in [0.2, 0.25) is 0 Å². The average Bonchev–Trinajstić information content (AvgIpc) is 2.34. The maximum Gasteiger partial charge on any atom is 0.123 e. The lowest BCUT2D eigenvalue weighted by molar-refractivity contribution is 0.163. The summed E-state index contributed by atoms with van der Waals surface area (Å²) in [5.41, 5.74) is 1.18. The van der Waals surface area contributed by atoms with Gasteiger partial charge in [0, 0.05) is 25.3 Å². The summed E-state index contributed by atoms with van der Waals surface area (Å²) in [5, 5.41) is 3.46. The highest BCUT2D eigenvalue weighted by Gasteiger charge is 2.06. The van der Waals surface area contributed by atoms with Crippen molar-refractivity contribution in [3.05, 3.63) is 29.8 Å². The number of ether oxygens (including phenoxy) is 2. The molecule has 1 aromatic rings. The lowest BCUT2D eigenvalue weighted by Gasteiger charge is -2.17. The van der Waals surface area contributed by atoms with Gasteiger partial charge in [-0.25, -0.2) is 0 Å². The highest BCUT2D eigenvalue weighted by atomic mass is 16.5. The molecule has 90 valence electrons. The van der Waals surface area contributed by atoms with E-state index in [1.165, 1.54) is 5.56 Å².